The first-order valence-corrected chi connectivity index (χ1v) is 16.8. The number of rotatable bonds is 14. The summed E-state index contributed by atoms with van der Waals surface area (Å²) in [5, 5.41) is 0. The number of allylic oxidation sites excluding steroid dienone is 5. The second kappa shape index (κ2) is 16.5. The molecule has 0 saturated carbocycles. The van der Waals surface area contributed by atoms with Crippen molar-refractivity contribution in [3.05, 3.63) is 148 Å². The Kier molecular flexibility index (Phi) is 12.5. The van der Waals surface area contributed by atoms with Gasteiger partial charge in [-0.15, -0.1) is 0 Å². The molecule has 4 aromatic rings. The summed E-state index contributed by atoms with van der Waals surface area (Å²) in [6.07, 6.45) is 13.0. The molecule has 0 aliphatic heterocycles. The van der Waals surface area contributed by atoms with Crippen LogP contribution in [0.2, 0.25) is 0 Å². The number of hydrogen-bond donors (Lipinski definition) is 0. The van der Waals surface area contributed by atoms with Gasteiger partial charge in [-0.3, -0.25) is 0 Å². The van der Waals surface area contributed by atoms with Crippen LogP contribution in [0.25, 0.3) is 0 Å². The minimum Gasteiger partial charge on any atom is -0.315 e. The molecule has 43 heavy (non-hydrogen) atoms. The predicted molar refractivity (Wildman–Crippen MR) is 196 cm³/mol. The summed E-state index contributed by atoms with van der Waals surface area (Å²) in [7, 11) is 0. The molecule has 4 rings (SSSR count). The summed E-state index contributed by atoms with van der Waals surface area (Å²) >= 11 is 7.17. The van der Waals surface area contributed by atoms with Crippen molar-refractivity contribution in [1.82, 2.24) is 0 Å². The molecule has 0 saturated heterocycles. The molecule has 0 atom stereocenters. The van der Waals surface area contributed by atoms with Crippen LogP contribution in [0, 0.1) is 0 Å². The van der Waals surface area contributed by atoms with Gasteiger partial charge in [0.1, 0.15) is 0 Å². The second-order valence-corrected chi connectivity index (χ2v) is 12.6. The number of hydrogen-bond acceptors (Lipinski definition) is 2. The second-order valence-electron chi connectivity index (χ2n) is 10.8. The molecule has 0 heterocycles. The third kappa shape index (κ3) is 9.08. The van der Waals surface area contributed by atoms with Crippen LogP contribution in [0.1, 0.15) is 57.6 Å². The van der Waals surface area contributed by atoms with Gasteiger partial charge in [0.2, 0.25) is 0 Å². The standard InChI is InChI=1S/C39H42Br2N2/c1-5-8-10-31-13-20-35(21-14-31)42(30(4)12-17-33(40)7-3)36-26-28-39(29-27-36)43(38-24-18-34(41)19-25-38)37-22-15-32(16-23-37)11-9-6-2/h7,12-29H,3,5-6,8-11H2,1-2,4H3/b30-12+,33-17+. The van der Waals surface area contributed by atoms with Crippen molar-refractivity contribution in [3.8, 4) is 0 Å². The fraction of sp³-hybridized carbons (Fsp3) is 0.231. The van der Waals surface area contributed by atoms with Gasteiger partial charge in [-0.25, -0.2) is 0 Å². The van der Waals surface area contributed by atoms with Crippen molar-refractivity contribution < 1.29 is 0 Å². The summed E-state index contributed by atoms with van der Waals surface area (Å²) in [4.78, 5) is 4.62. The Balaban J connectivity index is 1.73. The van der Waals surface area contributed by atoms with Crippen LogP contribution in [0.15, 0.2) is 137 Å². The molecular formula is C39H42Br2N2. The van der Waals surface area contributed by atoms with E-state index >= 15 is 0 Å². The van der Waals surface area contributed by atoms with E-state index in [1.165, 1.54) is 36.8 Å². The molecule has 2 nitrogen and oxygen atoms in total. The Bertz CT molecular complexity index is 1500. The molecule has 0 aliphatic carbocycles. The van der Waals surface area contributed by atoms with E-state index < -0.39 is 0 Å². The molecule has 0 amide bonds. The minimum absolute atomic E-state index is 0.947. The highest BCUT2D eigenvalue weighted by molar-refractivity contribution is 9.12. The predicted octanol–water partition coefficient (Wildman–Crippen LogP) is 13.1. The summed E-state index contributed by atoms with van der Waals surface area (Å²) in [5.74, 6) is 0. The smallest absolute Gasteiger partial charge is 0.0463 e. The molecule has 0 fully saturated rings. The Morgan fingerprint density at radius 1 is 0.628 bits per heavy atom. The van der Waals surface area contributed by atoms with Crippen molar-refractivity contribution in [2.24, 2.45) is 0 Å². The van der Waals surface area contributed by atoms with Crippen LogP contribution in [-0.2, 0) is 12.8 Å². The van der Waals surface area contributed by atoms with Crippen molar-refractivity contribution in [2.75, 3.05) is 9.80 Å². The third-order valence-electron chi connectivity index (χ3n) is 7.51. The minimum atomic E-state index is 0.947. The van der Waals surface area contributed by atoms with Gasteiger partial charge in [-0.2, -0.15) is 0 Å². The third-order valence-corrected chi connectivity index (χ3v) is 8.63. The van der Waals surface area contributed by atoms with Gasteiger partial charge in [0.05, 0.1) is 0 Å². The topological polar surface area (TPSA) is 6.48 Å². The average molecular weight is 699 g/mol. The molecule has 0 N–H and O–H groups in total. The molecule has 4 aromatic carbocycles. The molecular weight excluding hydrogens is 656 g/mol. The Hall–Kier alpha value is -3.34. The van der Waals surface area contributed by atoms with E-state index in [0.717, 1.165) is 55.9 Å². The van der Waals surface area contributed by atoms with Gasteiger partial charge < -0.3 is 9.80 Å². The molecule has 0 unspecified atom stereocenters. The molecule has 222 valence electrons. The van der Waals surface area contributed by atoms with Gasteiger partial charge in [-0.1, -0.05) is 95.5 Å². The van der Waals surface area contributed by atoms with Crippen molar-refractivity contribution in [1.29, 1.82) is 0 Å². The molecule has 0 spiro atoms. The zero-order chi connectivity index (χ0) is 30.6. The highest BCUT2D eigenvalue weighted by Gasteiger charge is 2.16. The van der Waals surface area contributed by atoms with E-state index in [2.05, 4.69) is 172 Å². The summed E-state index contributed by atoms with van der Waals surface area (Å²) in [5.41, 5.74) is 9.48. The Labute approximate surface area is 275 Å². The molecule has 0 bridgehead atoms. The average Bonchev–Trinajstić information content (AvgIpc) is 3.04. The van der Waals surface area contributed by atoms with Gasteiger partial charge in [0.25, 0.3) is 0 Å². The maximum absolute atomic E-state index is 3.87. The van der Waals surface area contributed by atoms with E-state index in [4.69, 9.17) is 0 Å². The monoisotopic (exact) mass is 696 g/mol. The number of anilines is 5. The van der Waals surface area contributed by atoms with Crippen molar-refractivity contribution in [3.63, 3.8) is 0 Å². The maximum atomic E-state index is 3.87. The number of benzene rings is 4. The molecule has 4 heteroatoms. The van der Waals surface area contributed by atoms with Crippen LogP contribution in [0.3, 0.4) is 0 Å². The van der Waals surface area contributed by atoms with Crippen molar-refractivity contribution >= 4 is 60.3 Å². The highest BCUT2D eigenvalue weighted by Crippen LogP contribution is 2.38. The lowest BCUT2D eigenvalue weighted by atomic mass is 10.1. The summed E-state index contributed by atoms with van der Waals surface area (Å²) in [6, 6.07) is 35.4. The van der Waals surface area contributed by atoms with E-state index in [0.29, 0.717) is 0 Å². The van der Waals surface area contributed by atoms with Crippen LogP contribution < -0.4 is 9.80 Å². The lowest BCUT2D eigenvalue weighted by molar-refractivity contribution is 0.795. The quantitative estimate of drug-likeness (QED) is 0.121. The van der Waals surface area contributed by atoms with Gasteiger partial charge >= 0.3 is 0 Å². The normalized spacial score (nSPS) is 11.8. The van der Waals surface area contributed by atoms with Gasteiger partial charge in [0, 0.05) is 43.1 Å². The Morgan fingerprint density at radius 3 is 1.47 bits per heavy atom. The van der Waals surface area contributed by atoms with Crippen LogP contribution in [-0.4, -0.2) is 0 Å². The van der Waals surface area contributed by atoms with Gasteiger partial charge in [0.15, 0.2) is 0 Å². The SMILES string of the molecule is C=C/C(Br)=C\C=C(/C)N(c1ccc(CCCC)cc1)c1ccc(N(c2ccc(Br)cc2)c2ccc(CCCC)cc2)cc1. The van der Waals surface area contributed by atoms with Crippen LogP contribution in [0.5, 0.6) is 0 Å². The van der Waals surface area contributed by atoms with E-state index in [1.807, 2.05) is 6.08 Å². The largest absolute Gasteiger partial charge is 0.315 e. The fourth-order valence-electron chi connectivity index (χ4n) is 5.07. The first-order chi connectivity index (χ1) is 20.9. The van der Waals surface area contributed by atoms with E-state index in [9.17, 15) is 0 Å². The summed E-state index contributed by atoms with van der Waals surface area (Å²) in [6.45, 7) is 10.5. The zero-order valence-corrected chi connectivity index (χ0v) is 28.7. The van der Waals surface area contributed by atoms with Gasteiger partial charge in [-0.05, 0) is 129 Å². The number of aryl methyl sites for hydroxylation is 2. The van der Waals surface area contributed by atoms with E-state index in [-0.39, 0.29) is 0 Å². The number of nitrogens with zero attached hydrogens (tertiary/aromatic N) is 2. The van der Waals surface area contributed by atoms with Crippen LogP contribution in [0.4, 0.5) is 28.4 Å². The summed E-state index contributed by atoms with van der Waals surface area (Å²) < 4.78 is 2.01. The molecule has 0 aliphatic rings. The molecule has 0 aromatic heterocycles. The lowest BCUT2D eigenvalue weighted by Gasteiger charge is -2.29. The first-order valence-electron chi connectivity index (χ1n) is 15.2. The lowest BCUT2D eigenvalue weighted by Crippen LogP contribution is -2.15. The molecule has 0 radical (unpaired) electrons. The Morgan fingerprint density at radius 2 is 1.02 bits per heavy atom. The maximum Gasteiger partial charge on any atom is 0.0463 e. The zero-order valence-electron chi connectivity index (χ0n) is 25.6. The van der Waals surface area contributed by atoms with Crippen molar-refractivity contribution in [2.45, 2.75) is 59.3 Å². The van der Waals surface area contributed by atoms with Crippen LogP contribution >= 0.6 is 31.9 Å². The number of halogens is 2. The fourth-order valence-corrected chi connectivity index (χ4v) is 5.47. The van der Waals surface area contributed by atoms with E-state index in [1.54, 1.807) is 6.08 Å². The number of unbranched alkanes of at least 4 members (excludes halogenated alkanes) is 2. The first kappa shape index (κ1) is 32.6. The highest BCUT2D eigenvalue weighted by atomic mass is 79.9.